The summed E-state index contributed by atoms with van der Waals surface area (Å²) in [5, 5.41) is 6.73. The van der Waals surface area contributed by atoms with Crippen LogP contribution >= 0.6 is 15.9 Å². The van der Waals surface area contributed by atoms with E-state index in [1.165, 1.54) is 0 Å². The molecule has 0 aliphatic rings. The van der Waals surface area contributed by atoms with Gasteiger partial charge in [0.25, 0.3) is 0 Å². The van der Waals surface area contributed by atoms with Gasteiger partial charge in [-0.05, 0) is 18.2 Å². The molecule has 0 atom stereocenters. The van der Waals surface area contributed by atoms with Crippen LogP contribution in [0.1, 0.15) is 0 Å². The average Bonchev–Trinajstić information content (AvgIpc) is 2.64. The second-order valence-electron chi connectivity index (χ2n) is 3.04. The molecular weight excluding hydrogens is 258 g/mol. The molecule has 4 nitrogen and oxygen atoms in total. The Hall–Kier alpha value is -1.49. The topological polar surface area (TPSA) is 63.9 Å². The van der Waals surface area contributed by atoms with Gasteiger partial charge in [-0.25, -0.2) is 0 Å². The van der Waals surface area contributed by atoms with Gasteiger partial charge in [0, 0.05) is 10.0 Å². The Kier molecular flexibility index (Phi) is 2.64. The van der Waals surface area contributed by atoms with Crippen molar-refractivity contribution in [2.45, 2.75) is 0 Å². The Labute approximate surface area is 95.6 Å². The number of rotatable bonds is 2. The first kappa shape index (κ1) is 10.0. The first-order valence-electron chi connectivity index (χ1n) is 4.35. The summed E-state index contributed by atoms with van der Waals surface area (Å²) in [6, 6.07) is 5.72. The molecule has 0 radical (unpaired) electrons. The number of halogens is 1. The number of anilines is 1. The van der Waals surface area contributed by atoms with Gasteiger partial charge >= 0.3 is 0 Å². The van der Waals surface area contributed by atoms with E-state index in [2.05, 4.69) is 26.1 Å². The number of H-pyrrole nitrogens is 1. The number of aromatic nitrogens is 2. The highest BCUT2D eigenvalue weighted by atomic mass is 79.9. The zero-order valence-corrected chi connectivity index (χ0v) is 9.71. The molecule has 2 rings (SSSR count). The van der Waals surface area contributed by atoms with Gasteiger partial charge in [-0.15, -0.1) is 0 Å². The van der Waals surface area contributed by atoms with Crippen molar-refractivity contribution in [1.29, 1.82) is 0 Å². The number of ether oxygens (including phenoxy) is 1. The Bertz CT molecular complexity index is 481. The fourth-order valence-electron chi connectivity index (χ4n) is 1.39. The zero-order chi connectivity index (χ0) is 10.8. The van der Waals surface area contributed by atoms with E-state index in [1.54, 1.807) is 13.3 Å². The molecule has 0 bridgehead atoms. The average molecular weight is 268 g/mol. The minimum absolute atomic E-state index is 0.603. The van der Waals surface area contributed by atoms with E-state index >= 15 is 0 Å². The summed E-state index contributed by atoms with van der Waals surface area (Å²) in [5.41, 5.74) is 8.05. The maximum Gasteiger partial charge on any atom is 0.128 e. The number of aromatic amines is 1. The van der Waals surface area contributed by atoms with E-state index in [9.17, 15) is 0 Å². The number of nitrogens with zero attached hydrogens (tertiary/aromatic N) is 1. The summed E-state index contributed by atoms with van der Waals surface area (Å²) in [6.45, 7) is 0. The Morgan fingerprint density at radius 1 is 1.47 bits per heavy atom. The van der Waals surface area contributed by atoms with Gasteiger partial charge in [0.15, 0.2) is 0 Å². The van der Waals surface area contributed by atoms with Crippen LogP contribution in [0.5, 0.6) is 5.75 Å². The van der Waals surface area contributed by atoms with Gasteiger partial charge in [-0.3, -0.25) is 5.10 Å². The van der Waals surface area contributed by atoms with Gasteiger partial charge in [-0.2, -0.15) is 5.10 Å². The number of nitrogens with two attached hydrogens (primary N) is 1. The van der Waals surface area contributed by atoms with Crippen LogP contribution in [0.2, 0.25) is 0 Å². The van der Waals surface area contributed by atoms with Crippen molar-refractivity contribution in [3.05, 3.63) is 28.9 Å². The molecule has 5 heteroatoms. The lowest BCUT2D eigenvalue weighted by molar-refractivity contribution is 0.416. The molecule has 78 valence electrons. The normalized spacial score (nSPS) is 10.3. The van der Waals surface area contributed by atoms with Crippen LogP contribution in [0.4, 0.5) is 5.69 Å². The first-order chi connectivity index (χ1) is 7.22. The Morgan fingerprint density at radius 3 is 2.87 bits per heavy atom. The zero-order valence-electron chi connectivity index (χ0n) is 8.12. The molecule has 3 N–H and O–H groups in total. The molecule has 0 saturated heterocycles. The molecule has 0 spiro atoms. The van der Waals surface area contributed by atoms with Crippen molar-refractivity contribution in [3.8, 4) is 17.0 Å². The standard InChI is InChI=1S/C10H10BrN3O/c1-15-9-3-2-6(11)4-7(9)10-8(12)5-13-14-10/h2-5H,12H2,1H3,(H,13,14). The van der Waals surface area contributed by atoms with Gasteiger partial charge in [0.05, 0.1) is 24.7 Å². The Morgan fingerprint density at radius 2 is 2.27 bits per heavy atom. The summed E-state index contributed by atoms with van der Waals surface area (Å²) < 4.78 is 6.22. The number of nitrogen functional groups attached to an aromatic ring is 1. The number of hydrogen-bond donors (Lipinski definition) is 2. The van der Waals surface area contributed by atoms with E-state index < -0.39 is 0 Å². The van der Waals surface area contributed by atoms with Crippen molar-refractivity contribution in [2.24, 2.45) is 0 Å². The predicted octanol–water partition coefficient (Wildman–Crippen LogP) is 2.43. The lowest BCUT2D eigenvalue weighted by Crippen LogP contribution is -1.91. The number of hydrogen-bond acceptors (Lipinski definition) is 3. The lowest BCUT2D eigenvalue weighted by atomic mass is 10.1. The quantitative estimate of drug-likeness (QED) is 0.879. The van der Waals surface area contributed by atoms with Crippen LogP contribution in [-0.4, -0.2) is 17.3 Å². The van der Waals surface area contributed by atoms with Crippen molar-refractivity contribution in [2.75, 3.05) is 12.8 Å². The van der Waals surface area contributed by atoms with E-state index in [4.69, 9.17) is 10.5 Å². The molecule has 0 aliphatic heterocycles. The minimum atomic E-state index is 0.603. The summed E-state index contributed by atoms with van der Waals surface area (Å²) in [7, 11) is 1.62. The number of nitrogens with one attached hydrogen (secondary N) is 1. The highest BCUT2D eigenvalue weighted by molar-refractivity contribution is 9.10. The predicted molar refractivity (Wildman–Crippen MR) is 62.7 cm³/mol. The highest BCUT2D eigenvalue weighted by Crippen LogP contribution is 2.33. The van der Waals surface area contributed by atoms with Crippen molar-refractivity contribution >= 4 is 21.6 Å². The molecule has 15 heavy (non-hydrogen) atoms. The van der Waals surface area contributed by atoms with Crippen LogP contribution < -0.4 is 10.5 Å². The smallest absolute Gasteiger partial charge is 0.128 e. The second-order valence-corrected chi connectivity index (χ2v) is 3.96. The van der Waals surface area contributed by atoms with Crippen LogP contribution in [-0.2, 0) is 0 Å². The molecular formula is C10H10BrN3O. The molecule has 2 aromatic rings. The highest BCUT2D eigenvalue weighted by Gasteiger charge is 2.10. The largest absolute Gasteiger partial charge is 0.496 e. The fraction of sp³-hybridized carbons (Fsp3) is 0.100. The van der Waals surface area contributed by atoms with Crippen LogP contribution in [0.25, 0.3) is 11.3 Å². The fourth-order valence-corrected chi connectivity index (χ4v) is 1.75. The molecule has 1 aromatic carbocycles. The summed E-state index contributed by atoms with van der Waals surface area (Å²) >= 11 is 3.40. The molecule has 0 amide bonds. The van der Waals surface area contributed by atoms with Crippen LogP contribution in [0, 0.1) is 0 Å². The summed E-state index contributed by atoms with van der Waals surface area (Å²) in [6.07, 6.45) is 1.58. The van der Waals surface area contributed by atoms with Crippen molar-refractivity contribution < 1.29 is 4.74 Å². The van der Waals surface area contributed by atoms with Gasteiger partial charge < -0.3 is 10.5 Å². The molecule has 1 aromatic heterocycles. The third-order valence-corrected chi connectivity index (χ3v) is 2.59. The van der Waals surface area contributed by atoms with E-state index in [1.807, 2.05) is 18.2 Å². The van der Waals surface area contributed by atoms with E-state index in [0.717, 1.165) is 21.5 Å². The summed E-state index contributed by atoms with van der Waals surface area (Å²) in [4.78, 5) is 0. The van der Waals surface area contributed by atoms with Crippen LogP contribution in [0.15, 0.2) is 28.9 Å². The van der Waals surface area contributed by atoms with Gasteiger partial charge in [0.2, 0.25) is 0 Å². The minimum Gasteiger partial charge on any atom is -0.496 e. The van der Waals surface area contributed by atoms with E-state index in [0.29, 0.717) is 5.69 Å². The Balaban J connectivity index is 2.60. The maximum absolute atomic E-state index is 5.78. The number of benzene rings is 1. The first-order valence-corrected chi connectivity index (χ1v) is 5.14. The molecule has 1 heterocycles. The maximum atomic E-state index is 5.78. The second kappa shape index (κ2) is 3.94. The molecule has 0 saturated carbocycles. The SMILES string of the molecule is COc1ccc(Br)cc1-c1[nH]ncc1N. The van der Waals surface area contributed by atoms with Gasteiger partial charge in [-0.1, -0.05) is 15.9 Å². The third-order valence-electron chi connectivity index (χ3n) is 2.10. The van der Waals surface area contributed by atoms with E-state index in [-0.39, 0.29) is 0 Å². The number of methoxy groups -OCH3 is 1. The molecule has 0 aliphatic carbocycles. The lowest BCUT2D eigenvalue weighted by Gasteiger charge is -2.07. The monoisotopic (exact) mass is 267 g/mol. The third kappa shape index (κ3) is 1.83. The van der Waals surface area contributed by atoms with Crippen molar-refractivity contribution in [1.82, 2.24) is 10.2 Å². The van der Waals surface area contributed by atoms with Crippen molar-refractivity contribution in [3.63, 3.8) is 0 Å². The summed E-state index contributed by atoms with van der Waals surface area (Å²) in [5.74, 6) is 0.758. The molecule has 0 unspecified atom stereocenters. The molecule has 0 fully saturated rings. The van der Waals surface area contributed by atoms with Crippen LogP contribution in [0.3, 0.4) is 0 Å². The van der Waals surface area contributed by atoms with Gasteiger partial charge in [0.1, 0.15) is 5.75 Å².